The monoisotopic (exact) mass is 257 g/mol. The highest BCUT2D eigenvalue weighted by atomic mass is 16.2. The Morgan fingerprint density at radius 1 is 1.26 bits per heavy atom. The summed E-state index contributed by atoms with van der Waals surface area (Å²) in [4.78, 5) is 2.55. The number of hydrogen-bond acceptors (Lipinski definition) is 2. The van der Waals surface area contributed by atoms with E-state index in [1.807, 2.05) is 12.1 Å². The summed E-state index contributed by atoms with van der Waals surface area (Å²) in [6.07, 6.45) is 2.80. The van der Waals surface area contributed by atoms with Crippen LogP contribution in [-0.4, -0.2) is 29.2 Å². The molecule has 102 valence electrons. The van der Waals surface area contributed by atoms with E-state index in [2.05, 4.69) is 42.7 Å². The zero-order chi connectivity index (χ0) is 13.7. The smallest absolute Gasteiger partial charge is 0.104 e. The molecule has 1 aromatic carbocycles. The van der Waals surface area contributed by atoms with E-state index in [9.17, 15) is 0 Å². The van der Waals surface area contributed by atoms with Crippen LogP contribution in [-0.2, 0) is 6.54 Å². The molecule has 1 aliphatic rings. The highest BCUT2D eigenvalue weighted by Crippen LogP contribution is 2.30. The second-order valence-corrected chi connectivity index (χ2v) is 5.62. The van der Waals surface area contributed by atoms with Gasteiger partial charge in [0, 0.05) is 24.7 Å². The van der Waals surface area contributed by atoms with Crippen molar-refractivity contribution >= 4 is 0 Å². The molecule has 2 rings (SSSR count). The lowest BCUT2D eigenvalue weighted by Gasteiger charge is -2.26. The highest BCUT2D eigenvalue weighted by Gasteiger charge is 2.25. The maximum Gasteiger partial charge on any atom is 0.104 e. The summed E-state index contributed by atoms with van der Waals surface area (Å²) in [5.41, 5.74) is 2.31. The molecule has 1 N–H and O–H groups in total. The Balaban J connectivity index is 1.96. The largest absolute Gasteiger partial charge is 0.384 e. The number of hydrogen-bond donors (Lipinski definition) is 1. The number of aliphatic hydroxyl groups excluding tert-OH is 1. The lowest BCUT2D eigenvalue weighted by atomic mass is 10.1. The molecule has 0 spiro atoms. The molecule has 0 radical (unpaired) electrons. The van der Waals surface area contributed by atoms with Crippen molar-refractivity contribution in [2.45, 2.75) is 39.3 Å². The maximum absolute atomic E-state index is 8.67. The van der Waals surface area contributed by atoms with Crippen LogP contribution in [0.1, 0.15) is 37.8 Å². The van der Waals surface area contributed by atoms with E-state index < -0.39 is 0 Å². The van der Waals surface area contributed by atoms with E-state index in [-0.39, 0.29) is 6.61 Å². The normalized spacial score (nSPS) is 14.6. The fourth-order valence-corrected chi connectivity index (χ4v) is 2.16. The summed E-state index contributed by atoms with van der Waals surface area (Å²) in [5.74, 6) is 6.53. The summed E-state index contributed by atoms with van der Waals surface area (Å²) in [5, 5.41) is 8.67. The Labute approximate surface area is 116 Å². The van der Waals surface area contributed by atoms with Gasteiger partial charge >= 0.3 is 0 Å². The fraction of sp³-hybridized carbons (Fsp3) is 0.529. The molecule has 0 heterocycles. The van der Waals surface area contributed by atoms with E-state index in [4.69, 9.17) is 5.11 Å². The van der Waals surface area contributed by atoms with Crippen molar-refractivity contribution in [1.29, 1.82) is 0 Å². The van der Waals surface area contributed by atoms with Crippen molar-refractivity contribution in [3.05, 3.63) is 35.4 Å². The second kappa shape index (κ2) is 6.75. The van der Waals surface area contributed by atoms with E-state index in [0.717, 1.165) is 18.0 Å². The third-order valence-corrected chi connectivity index (χ3v) is 3.57. The average molecular weight is 257 g/mol. The third-order valence-electron chi connectivity index (χ3n) is 3.57. The van der Waals surface area contributed by atoms with Crippen LogP contribution < -0.4 is 0 Å². The van der Waals surface area contributed by atoms with Crippen LogP contribution in [0, 0.1) is 17.8 Å². The van der Waals surface area contributed by atoms with Crippen LogP contribution in [0.4, 0.5) is 0 Å². The molecule has 1 aromatic rings. The maximum atomic E-state index is 8.67. The van der Waals surface area contributed by atoms with Crippen molar-refractivity contribution in [3.63, 3.8) is 0 Å². The first-order valence-electron chi connectivity index (χ1n) is 7.11. The number of nitrogens with zero attached hydrogens (tertiary/aromatic N) is 1. The molecular weight excluding hydrogens is 234 g/mol. The molecule has 2 nitrogen and oxygen atoms in total. The van der Waals surface area contributed by atoms with Gasteiger partial charge in [0.05, 0.1) is 0 Å². The van der Waals surface area contributed by atoms with Crippen molar-refractivity contribution in [3.8, 4) is 11.8 Å². The van der Waals surface area contributed by atoms with Gasteiger partial charge in [0.25, 0.3) is 0 Å². The predicted molar refractivity (Wildman–Crippen MR) is 78.7 cm³/mol. The Morgan fingerprint density at radius 2 is 1.95 bits per heavy atom. The topological polar surface area (TPSA) is 23.5 Å². The van der Waals surface area contributed by atoms with Gasteiger partial charge in [-0.3, -0.25) is 4.90 Å². The van der Waals surface area contributed by atoms with Crippen LogP contribution in [0.15, 0.2) is 24.3 Å². The van der Waals surface area contributed by atoms with Crippen molar-refractivity contribution in [2.75, 3.05) is 13.2 Å². The van der Waals surface area contributed by atoms with Crippen LogP contribution in [0.2, 0.25) is 0 Å². The van der Waals surface area contributed by atoms with Crippen LogP contribution in [0.25, 0.3) is 0 Å². The minimum absolute atomic E-state index is 0.0791. The minimum Gasteiger partial charge on any atom is -0.384 e. The van der Waals surface area contributed by atoms with Gasteiger partial charge in [-0.1, -0.05) is 24.0 Å². The quantitative estimate of drug-likeness (QED) is 0.820. The van der Waals surface area contributed by atoms with Gasteiger partial charge in [-0.25, -0.2) is 0 Å². The molecule has 0 amide bonds. The first kappa shape index (κ1) is 14.1. The number of benzene rings is 1. The molecule has 2 heteroatoms. The SMILES string of the molecule is CC(C)N(Cc1ccc(C#CCO)cc1)CC1CC1. The number of rotatable bonds is 5. The van der Waals surface area contributed by atoms with Gasteiger partial charge in [0.1, 0.15) is 6.61 Å². The van der Waals surface area contributed by atoms with Gasteiger partial charge in [0.2, 0.25) is 0 Å². The summed E-state index contributed by atoms with van der Waals surface area (Å²) in [7, 11) is 0. The zero-order valence-corrected chi connectivity index (χ0v) is 11.9. The summed E-state index contributed by atoms with van der Waals surface area (Å²) < 4.78 is 0. The summed E-state index contributed by atoms with van der Waals surface area (Å²) in [6, 6.07) is 8.95. The minimum atomic E-state index is -0.0791. The van der Waals surface area contributed by atoms with Crippen molar-refractivity contribution in [1.82, 2.24) is 4.90 Å². The molecule has 0 aliphatic heterocycles. The molecule has 19 heavy (non-hydrogen) atoms. The van der Waals surface area contributed by atoms with E-state index in [0.29, 0.717) is 6.04 Å². The Bertz CT molecular complexity index is 448. The van der Waals surface area contributed by atoms with Gasteiger partial charge in [-0.05, 0) is 50.3 Å². The summed E-state index contributed by atoms with van der Waals surface area (Å²) in [6.45, 7) is 6.70. The Hall–Kier alpha value is -1.30. The fourth-order valence-electron chi connectivity index (χ4n) is 2.16. The van der Waals surface area contributed by atoms with E-state index in [1.54, 1.807) is 0 Å². The van der Waals surface area contributed by atoms with Gasteiger partial charge in [-0.15, -0.1) is 0 Å². The molecule has 0 saturated heterocycles. The zero-order valence-electron chi connectivity index (χ0n) is 11.9. The Morgan fingerprint density at radius 3 is 2.47 bits per heavy atom. The molecule has 0 atom stereocenters. The van der Waals surface area contributed by atoms with Crippen LogP contribution in [0.5, 0.6) is 0 Å². The van der Waals surface area contributed by atoms with E-state index in [1.165, 1.54) is 24.9 Å². The van der Waals surface area contributed by atoms with Crippen LogP contribution in [0.3, 0.4) is 0 Å². The van der Waals surface area contributed by atoms with Gasteiger partial charge in [-0.2, -0.15) is 0 Å². The molecule has 0 bridgehead atoms. The predicted octanol–water partition coefficient (Wildman–Crippen LogP) is 2.65. The lowest BCUT2D eigenvalue weighted by molar-refractivity contribution is 0.204. The lowest BCUT2D eigenvalue weighted by Crippen LogP contribution is -2.32. The molecular formula is C17H23NO. The van der Waals surface area contributed by atoms with Crippen molar-refractivity contribution < 1.29 is 5.11 Å². The van der Waals surface area contributed by atoms with Gasteiger partial charge < -0.3 is 5.11 Å². The van der Waals surface area contributed by atoms with Crippen molar-refractivity contribution in [2.24, 2.45) is 5.92 Å². The second-order valence-electron chi connectivity index (χ2n) is 5.62. The third kappa shape index (κ3) is 4.70. The molecule has 1 aliphatic carbocycles. The average Bonchev–Trinajstić information content (AvgIpc) is 3.21. The molecule has 1 fully saturated rings. The molecule has 0 unspecified atom stereocenters. The van der Waals surface area contributed by atoms with E-state index >= 15 is 0 Å². The van der Waals surface area contributed by atoms with Gasteiger partial charge in [0.15, 0.2) is 0 Å². The first-order chi connectivity index (χ1) is 9.19. The summed E-state index contributed by atoms with van der Waals surface area (Å²) >= 11 is 0. The molecule has 1 saturated carbocycles. The Kier molecular flexibility index (Phi) is 5.01. The molecule has 0 aromatic heterocycles. The van der Waals surface area contributed by atoms with Crippen LogP contribution >= 0.6 is 0 Å². The standard InChI is InChI=1S/C17H23NO/c1-14(2)18(13-17-9-10-17)12-16-7-5-15(6-8-16)4-3-11-19/h5-8,14,17,19H,9-13H2,1-2H3. The number of aliphatic hydroxyl groups is 1. The first-order valence-corrected chi connectivity index (χ1v) is 7.11. The highest BCUT2D eigenvalue weighted by molar-refractivity contribution is 5.36.